The highest BCUT2D eigenvalue weighted by Gasteiger charge is 2.34. The quantitative estimate of drug-likeness (QED) is 0.170. The van der Waals surface area contributed by atoms with Crippen molar-refractivity contribution in [2.24, 2.45) is 0 Å². The molecule has 0 radical (unpaired) electrons. The number of aryl methyl sites for hydroxylation is 1. The zero-order chi connectivity index (χ0) is 31.4. The first-order chi connectivity index (χ1) is 19.8. The topological polar surface area (TPSA) is 174 Å². The Hall–Kier alpha value is -3.90. The molecule has 4 heterocycles. The van der Waals surface area contributed by atoms with Crippen LogP contribution in [-0.2, 0) is 6.18 Å². The molecule has 0 atom stereocenters. The van der Waals surface area contributed by atoms with Gasteiger partial charge in [0.1, 0.15) is 10.3 Å². The fourth-order valence-corrected chi connectivity index (χ4v) is 3.65. The molecule has 0 aliphatic carbocycles. The summed E-state index contributed by atoms with van der Waals surface area (Å²) >= 11 is 13.5. The van der Waals surface area contributed by atoms with Gasteiger partial charge in [0.05, 0.1) is 11.3 Å². The van der Waals surface area contributed by atoms with Gasteiger partial charge in [-0.1, -0.05) is 23.2 Å². The standard InChI is InChI=1S/C12H9ClF3N5O.C6H5ClIN.C6H8N4O/c1-17-11(22)9-10(19-3-2-18-9)21-7-4-8(13)20-5-6(7)12(14,15)16;1-4-3-9-6(7)2-5(4)8;1-8-6(11)4-5(7)10-3-2-9-4/h2-5H,1H3,(H,17,22)(H,19,20,21);2-3H,1H3;2-3H,1H3,(H2,7,10)(H,8,11). The fourth-order valence-electron chi connectivity index (χ4n) is 2.72. The average Bonchev–Trinajstić information content (AvgIpc) is 2.95. The summed E-state index contributed by atoms with van der Waals surface area (Å²) in [6.45, 7) is 2.01. The minimum Gasteiger partial charge on any atom is -0.382 e. The number of carbonyl (C=O) groups excluding carboxylic acids is 2. The summed E-state index contributed by atoms with van der Waals surface area (Å²) in [5.74, 6) is -0.902. The van der Waals surface area contributed by atoms with Gasteiger partial charge < -0.3 is 21.7 Å². The molecule has 0 spiro atoms. The van der Waals surface area contributed by atoms with Gasteiger partial charge in [-0.15, -0.1) is 0 Å². The number of alkyl halides is 3. The second-order valence-corrected chi connectivity index (χ2v) is 9.57. The first-order valence-corrected chi connectivity index (χ1v) is 13.2. The number of nitrogen functional groups attached to an aromatic ring is 1. The third kappa shape index (κ3) is 10.2. The Morgan fingerprint density at radius 2 is 1.36 bits per heavy atom. The second-order valence-electron chi connectivity index (χ2n) is 7.63. The lowest BCUT2D eigenvalue weighted by Gasteiger charge is -2.15. The molecule has 0 aliphatic rings. The molecule has 0 aliphatic heterocycles. The summed E-state index contributed by atoms with van der Waals surface area (Å²) in [5.41, 5.74) is 5.13. The van der Waals surface area contributed by atoms with Gasteiger partial charge >= 0.3 is 6.18 Å². The highest BCUT2D eigenvalue weighted by Crippen LogP contribution is 2.36. The molecule has 0 saturated carbocycles. The maximum Gasteiger partial charge on any atom is 0.419 e. The summed E-state index contributed by atoms with van der Waals surface area (Å²) in [6.07, 6.45) is 3.06. The number of nitrogens with two attached hydrogens (primary N) is 1. The van der Waals surface area contributed by atoms with E-state index in [1.807, 2.05) is 13.0 Å². The molecule has 0 bridgehead atoms. The molecule has 4 aromatic rings. The van der Waals surface area contributed by atoms with Crippen LogP contribution in [0.15, 0.2) is 49.3 Å². The normalized spacial score (nSPS) is 10.3. The molecule has 42 heavy (non-hydrogen) atoms. The maximum atomic E-state index is 13.0. The van der Waals surface area contributed by atoms with E-state index in [2.05, 4.69) is 68.4 Å². The maximum absolute atomic E-state index is 13.0. The third-order valence-electron chi connectivity index (χ3n) is 4.74. The Labute approximate surface area is 261 Å². The van der Waals surface area contributed by atoms with E-state index in [0.717, 1.165) is 9.64 Å². The summed E-state index contributed by atoms with van der Waals surface area (Å²) in [5, 5.41) is 7.57. The van der Waals surface area contributed by atoms with Gasteiger partial charge in [-0.2, -0.15) is 13.2 Å². The van der Waals surface area contributed by atoms with E-state index in [1.165, 1.54) is 44.4 Å². The minimum atomic E-state index is -4.64. The van der Waals surface area contributed by atoms with Crippen LogP contribution in [0.4, 0.5) is 30.5 Å². The number of aromatic nitrogens is 6. The number of carbonyl (C=O) groups is 2. The first kappa shape index (κ1) is 34.3. The van der Waals surface area contributed by atoms with Gasteiger partial charge in [-0.05, 0) is 47.2 Å². The van der Waals surface area contributed by atoms with Crippen molar-refractivity contribution in [1.82, 2.24) is 40.5 Å². The summed E-state index contributed by atoms with van der Waals surface area (Å²) in [6, 6.07) is 2.84. The van der Waals surface area contributed by atoms with Crippen LogP contribution in [0.2, 0.25) is 10.3 Å². The zero-order valence-corrected chi connectivity index (χ0v) is 25.6. The van der Waals surface area contributed by atoms with Crippen LogP contribution in [0.3, 0.4) is 0 Å². The van der Waals surface area contributed by atoms with Crippen molar-refractivity contribution in [3.05, 3.63) is 85.7 Å². The lowest BCUT2D eigenvalue weighted by Crippen LogP contribution is -2.21. The molecule has 5 N–H and O–H groups in total. The Morgan fingerprint density at radius 3 is 1.90 bits per heavy atom. The van der Waals surface area contributed by atoms with Crippen molar-refractivity contribution in [1.29, 1.82) is 0 Å². The van der Waals surface area contributed by atoms with Gasteiger partial charge in [0, 0.05) is 54.8 Å². The molecule has 222 valence electrons. The van der Waals surface area contributed by atoms with Crippen molar-refractivity contribution in [2.75, 3.05) is 25.1 Å². The van der Waals surface area contributed by atoms with E-state index in [1.54, 1.807) is 6.20 Å². The smallest absolute Gasteiger partial charge is 0.382 e. The lowest BCUT2D eigenvalue weighted by molar-refractivity contribution is -0.137. The van der Waals surface area contributed by atoms with Gasteiger partial charge in [0.25, 0.3) is 11.8 Å². The van der Waals surface area contributed by atoms with Crippen LogP contribution in [0.1, 0.15) is 32.1 Å². The number of pyridine rings is 2. The number of halogens is 6. The Bertz CT molecular complexity index is 1550. The Kier molecular flexibility index (Phi) is 13.0. The summed E-state index contributed by atoms with van der Waals surface area (Å²) in [7, 11) is 2.88. The predicted octanol–water partition coefficient (Wildman–Crippen LogP) is 4.71. The highest BCUT2D eigenvalue weighted by atomic mass is 127. The third-order valence-corrected chi connectivity index (χ3v) is 6.32. The molecule has 0 aromatic carbocycles. The molecule has 0 saturated heterocycles. The molecule has 4 rings (SSSR count). The SMILES string of the molecule is CNC(=O)c1nccnc1N.CNC(=O)c1nccnc1Nc1cc(Cl)ncc1C(F)(F)F.Cc1cnc(Cl)cc1I. The molecule has 12 nitrogen and oxygen atoms in total. The predicted molar refractivity (Wildman–Crippen MR) is 159 cm³/mol. The number of amides is 2. The van der Waals surface area contributed by atoms with Crippen molar-refractivity contribution < 1.29 is 22.8 Å². The van der Waals surface area contributed by atoms with Gasteiger partial charge in [0.2, 0.25) is 0 Å². The van der Waals surface area contributed by atoms with Gasteiger partial charge in [0.15, 0.2) is 23.0 Å². The molecular weight excluding hydrogens is 715 g/mol. The molecule has 18 heteroatoms. The minimum absolute atomic E-state index is 0.130. The lowest BCUT2D eigenvalue weighted by atomic mass is 10.2. The largest absolute Gasteiger partial charge is 0.419 e. The van der Waals surface area contributed by atoms with E-state index in [4.69, 9.17) is 28.9 Å². The van der Waals surface area contributed by atoms with Crippen LogP contribution in [-0.4, -0.2) is 55.8 Å². The van der Waals surface area contributed by atoms with Crippen molar-refractivity contribution >= 4 is 74.9 Å². The van der Waals surface area contributed by atoms with Crippen molar-refractivity contribution in [2.45, 2.75) is 13.1 Å². The van der Waals surface area contributed by atoms with Crippen LogP contribution in [0.25, 0.3) is 0 Å². The highest BCUT2D eigenvalue weighted by molar-refractivity contribution is 14.1. The molecule has 4 aromatic heterocycles. The molecule has 0 unspecified atom stereocenters. The number of hydrogen-bond donors (Lipinski definition) is 4. The number of rotatable bonds is 4. The van der Waals surface area contributed by atoms with E-state index in [-0.39, 0.29) is 39.8 Å². The Morgan fingerprint density at radius 1 is 0.833 bits per heavy atom. The number of hydrogen-bond acceptors (Lipinski definition) is 10. The van der Waals surface area contributed by atoms with Crippen LogP contribution in [0, 0.1) is 10.5 Å². The number of nitrogens with one attached hydrogen (secondary N) is 3. The van der Waals surface area contributed by atoms with E-state index < -0.39 is 17.6 Å². The van der Waals surface area contributed by atoms with E-state index in [9.17, 15) is 22.8 Å². The van der Waals surface area contributed by atoms with E-state index in [0.29, 0.717) is 11.3 Å². The molecular formula is C24H22Cl2F3IN10O2. The first-order valence-electron chi connectivity index (χ1n) is 11.4. The van der Waals surface area contributed by atoms with Crippen LogP contribution < -0.4 is 21.7 Å². The Balaban J connectivity index is 0.000000255. The van der Waals surface area contributed by atoms with Crippen molar-refractivity contribution in [3.8, 4) is 0 Å². The molecule has 0 fully saturated rings. The van der Waals surface area contributed by atoms with Gasteiger partial charge in [-0.3, -0.25) is 9.59 Å². The van der Waals surface area contributed by atoms with Crippen LogP contribution in [0.5, 0.6) is 0 Å². The summed E-state index contributed by atoms with van der Waals surface area (Å²) < 4.78 is 40.1. The van der Waals surface area contributed by atoms with Gasteiger partial charge in [-0.25, -0.2) is 29.9 Å². The summed E-state index contributed by atoms with van der Waals surface area (Å²) in [4.78, 5) is 45.0. The average molecular weight is 737 g/mol. The van der Waals surface area contributed by atoms with Crippen LogP contribution >= 0.6 is 45.8 Å². The second kappa shape index (κ2) is 15.9. The number of anilines is 3. The number of nitrogens with zero attached hydrogens (tertiary/aromatic N) is 6. The zero-order valence-electron chi connectivity index (χ0n) is 22.0. The van der Waals surface area contributed by atoms with Crippen molar-refractivity contribution in [3.63, 3.8) is 0 Å². The fraction of sp³-hybridized carbons (Fsp3) is 0.167. The monoisotopic (exact) mass is 736 g/mol. The van der Waals surface area contributed by atoms with E-state index >= 15 is 0 Å². The molecule has 2 amide bonds.